The number of carboxylic acid groups (broad SMARTS) is 1. The predicted molar refractivity (Wildman–Crippen MR) is 107 cm³/mol. The highest BCUT2D eigenvalue weighted by molar-refractivity contribution is 5.98. The number of pyridine rings is 1. The van der Waals surface area contributed by atoms with Gasteiger partial charge in [-0.2, -0.15) is 0 Å². The fraction of sp³-hybridized carbons (Fsp3) is 0.227. The number of aryl methyl sites for hydroxylation is 1. The van der Waals surface area contributed by atoms with Crippen LogP contribution in [0.2, 0.25) is 0 Å². The third kappa shape index (κ3) is 3.29. The van der Waals surface area contributed by atoms with Crippen molar-refractivity contribution in [3.63, 3.8) is 0 Å². The number of fused-ring (bicyclic) bond motifs is 1. The van der Waals surface area contributed by atoms with Gasteiger partial charge in [0.1, 0.15) is 17.2 Å². The molecule has 142 valence electrons. The number of imidazole rings is 1. The lowest BCUT2D eigenvalue weighted by molar-refractivity contribution is -0.146. The van der Waals surface area contributed by atoms with Crippen LogP contribution in [0, 0.1) is 18.8 Å². The minimum atomic E-state index is -0.943. The number of nitrogens with zero attached hydrogens (tertiary/aromatic N) is 2. The normalized spacial score (nSPS) is 18.9. The standard InChI is InChI=1S/C22H21N3O3/c1-14-11-12-25-18(13-14)23-19(15-7-3-2-4-8-15)20(25)24-21(26)16-9-5-6-10-17(16)22(27)28/h2-8,11-13,16-17H,9-10H2,1H3,(H,24,26)(H,27,28). The maximum absolute atomic E-state index is 13.0. The number of aliphatic carboxylic acids is 1. The number of anilines is 1. The molecule has 3 aromatic rings. The molecule has 2 atom stereocenters. The Labute approximate surface area is 162 Å². The van der Waals surface area contributed by atoms with Crippen molar-refractivity contribution < 1.29 is 14.7 Å². The maximum atomic E-state index is 13.0. The first-order valence-electron chi connectivity index (χ1n) is 9.27. The number of carbonyl (C=O) groups excluding carboxylic acids is 1. The molecule has 0 fully saturated rings. The molecule has 1 aliphatic rings. The van der Waals surface area contributed by atoms with E-state index in [0.29, 0.717) is 24.4 Å². The Morgan fingerprint density at radius 1 is 1.11 bits per heavy atom. The van der Waals surface area contributed by atoms with Gasteiger partial charge in [-0.3, -0.25) is 14.0 Å². The van der Waals surface area contributed by atoms with Crippen molar-refractivity contribution in [3.8, 4) is 11.3 Å². The molecule has 6 nitrogen and oxygen atoms in total. The van der Waals surface area contributed by atoms with Gasteiger partial charge < -0.3 is 10.4 Å². The first-order valence-corrected chi connectivity index (χ1v) is 9.27. The summed E-state index contributed by atoms with van der Waals surface area (Å²) < 4.78 is 1.83. The van der Waals surface area contributed by atoms with Gasteiger partial charge in [-0.1, -0.05) is 42.5 Å². The van der Waals surface area contributed by atoms with E-state index < -0.39 is 17.8 Å². The van der Waals surface area contributed by atoms with E-state index in [4.69, 9.17) is 4.98 Å². The minimum absolute atomic E-state index is 0.295. The summed E-state index contributed by atoms with van der Waals surface area (Å²) in [5.41, 5.74) is 3.35. The summed E-state index contributed by atoms with van der Waals surface area (Å²) in [7, 11) is 0. The van der Waals surface area contributed by atoms with E-state index in [1.807, 2.05) is 72.1 Å². The zero-order valence-corrected chi connectivity index (χ0v) is 15.5. The number of hydrogen-bond donors (Lipinski definition) is 2. The number of allylic oxidation sites excluding steroid dienone is 2. The third-order valence-electron chi connectivity index (χ3n) is 5.16. The summed E-state index contributed by atoms with van der Waals surface area (Å²) in [5.74, 6) is -2.00. The van der Waals surface area contributed by atoms with E-state index in [9.17, 15) is 14.7 Å². The Kier molecular flexibility index (Phi) is 4.69. The molecular formula is C22H21N3O3. The van der Waals surface area contributed by atoms with Gasteiger partial charge in [-0.15, -0.1) is 0 Å². The van der Waals surface area contributed by atoms with E-state index >= 15 is 0 Å². The van der Waals surface area contributed by atoms with Crippen molar-refractivity contribution in [2.75, 3.05) is 5.32 Å². The van der Waals surface area contributed by atoms with Crippen LogP contribution in [-0.2, 0) is 9.59 Å². The summed E-state index contributed by atoms with van der Waals surface area (Å²) >= 11 is 0. The van der Waals surface area contributed by atoms with Crippen LogP contribution in [0.25, 0.3) is 16.9 Å². The summed E-state index contributed by atoms with van der Waals surface area (Å²) in [5, 5.41) is 12.5. The second-order valence-corrected chi connectivity index (χ2v) is 7.09. The van der Waals surface area contributed by atoms with Crippen LogP contribution in [0.15, 0.2) is 60.8 Å². The molecule has 2 unspecified atom stereocenters. The van der Waals surface area contributed by atoms with Crippen molar-refractivity contribution in [2.24, 2.45) is 11.8 Å². The van der Waals surface area contributed by atoms with Gasteiger partial charge in [0.2, 0.25) is 5.91 Å². The fourth-order valence-corrected chi connectivity index (χ4v) is 3.65. The van der Waals surface area contributed by atoms with Crippen LogP contribution in [0.1, 0.15) is 18.4 Å². The van der Waals surface area contributed by atoms with Crippen molar-refractivity contribution in [2.45, 2.75) is 19.8 Å². The molecule has 0 saturated carbocycles. The molecule has 0 spiro atoms. The lowest BCUT2D eigenvalue weighted by Gasteiger charge is -2.24. The first kappa shape index (κ1) is 18.0. The second-order valence-electron chi connectivity index (χ2n) is 7.09. The zero-order valence-electron chi connectivity index (χ0n) is 15.5. The van der Waals surface area contributed by atoms with Crippen molar-refractivity contribution in [3.05, 3.63) is 66.4 Å². The number of nitrogens with one attached hydrogen (secondary N) is 1. The van der Waals surface area contributed by atoms with E-state index in [1.54, 1.807) is 0 Å². The van der Waals surface area contributed by atoms with Gasteiger partial charge in [-0.05, 0) is 37.5 Å². The SMILES string of the molecule is Cc1ccn2c(NC(=O)C3CC=CCC3C(=O)O)c(-c3ccccc3)nc2c1. The molecule has 2 N–H and O–H groups in total. The first-order chi connectivity index (χ1) is 13.5. The smallest absolute Gasteiger partial charge is 0.307 e. The minimum Gasteiger partial charge on any atom is -0.481 e. The number of carbonyl (C=O) groups is 2. The largest absolute Gasteiger partial charge is 0.481 e. The zero-order chi connectivity index (χ0) is 19.7. The molecule has 1 aromatic carbocycles. The maximum Gasteiger partial charge on any atom is 0.307 e. The third-order valence-corrected chi connectivity index (χ3v) is 5.16. The Morgan fingerprint density at radius 2 is 1.82 bits per heavy atom. The highest BCUT2D eigenvalue weighted by atomic mass is 16.4. The van der Waals surface area contributed by atoms with Crippen LogP contribution in [0.5, 0.6) is 0 Å². The number of aromatic nitrogens is 2. The number of hydrogen-bond acceptors (Lipinski definition) is 3. The van der Waals surface area contributed by atoms with E-state index in [0.717, 1.165) is 16.8 Å². The summed E-state index contributed by atoms with van der Waals surface area (Å²) in [6.07, 6.45) is 6.36. The molecular weight excluding hydrogens is 354 g/mol. The van der Waals surface area contributed by atoms with E-state index in [-0.39, 0.29) is 5.91 Å². The molecule has 0 saturated heterocycles. The van der Waals surface area contributed by atoms with Gasteiger partial charge in [-0.25, -0.2) is 4.98 Å². The average molecular weight is 375 g/mol. The van der Waals surface area contributed by atoms with Gasteiger partial charge >= 0.3 is 5.97 Å². The second kappa shape index (κ2) is 7.31. The van der Waals surface area contributed by atoms with Gasteiger partial charge in [0.05, 0.1) is 11.8 Å². The van der Waals surface area contributed by atoms with Crippen LogP contribution in [0.4, 0.5) is 5.82 Å². The summed E-state index contributed by atoms with van der Waals surface area (Å²) in [6.45, 7) is 1.99. The molecule has 28 heavy (non-hydrogen) atoms. The summed E-state index contributed by atoms with van der Waals surface area (Å²) in [6, 6.07) is 13.5. The highest BCUT2D eigenvalue weighted by Gasteiger charge is 2.34. The molecule has 2 aromatic heterocycles. The Morgan fingerprint density at radius 3 is 2.54 bits per heavy atom. The predicted octanol–water partition coefficient (Wildman–Crippen LogP) is 3.92. The number of amides is 1. The molecule has 0 aliphatic heterocycles. The van der Waals surface area contributed by atoms with Gasteiger partial charge in [0, 0.05) is 11.8 Å². The van der Waals surface area contributed by atoms with Crippen LogP contribution >= 0.6 is 0 Å². The van der Waals surface area contributed by atoms with Crippen molar-refractivity contribution in [1.29, 1.82) is 0 Å². The number of carboxylic acids is 1. The van der Waals surface area contributed by atoms with Gasteiger partial charge in [0.15, 0.2) is 0 Å². The monoisotopic (exact) mass is 375 g/mol. The Hall–Kier alpha value is -3.41. The average Bonchev–Trinajstić information content (AvgIpc) is 3.06. The Bertz CT molecular complexity index is 1070. The molecule has 0 bridgehead atoms. The molecule has 1 aliphatic carbocycles. The fourth-order valence-electron chi connectivity index (χ4n) is 3.65. The van der Waals surface area contributed by atoms with Gasteiger partial charge in [0.25, 0.3) is 0 Å². The summed E-state index contributed by atoms with van der Waals surface area (Å²) in [4.78, 5) is 29.3. The lowest BCUT2D eigenvalue weighted by Crippen LogP contribution is -2.35. The Balaban J connectivity index is 1.76. The quantitative estimate of drug-likeness (QED) is 0.677. The topological polar surface area (TPSA) is 83.7 Å². The molecule has 2 heterocycles. The van der Waals surface area contributed by atoms with Crippen molar-refractivity contribution >= 4 is 23.3 Å². The van der Waals surface area contributed by atoms with Crippen LogP contribution in [0.3, 0.4) is 0 Å². The molecule has 4 rings (SSSR count). The van der Waals surface area contributed by atoms with Crippen LogP contribution < -0.4 is 5.32 Å². The lowest BCUT2D eigenvalue weighted by atomic mass is 9.82. The number of benzene rings is 1. The molecule has 6 heteroatoms. The molecule has 0 radical (unpaired) electrons. The van der Waals surface area contributed by atoms with Crippen LogP contribution in [-0.4, -0.2) is 26.4 Å². The molecule has 1 amide bonds. The van der Waals surface area contributed by atoms with Crippen molar-refractivity contribution in [1.82, 2.24) is 9.38 Å². The van der Waals surface area contributed by atoms with E-state index in [1.165, 1.54) is 0 Å². The highest BCUT2D eigenvalue weighted by Crippen LogP contribution is 2.32. The number of rotatable bonds is 4. The van der Waals surface area contributed by atoms with E-state index in [2.05, 4.69) is 5.32 Å².